The van der Waals surface area contributed by atoms with Gasteiger partial charge >= 0.3 is 0 Å². The van der Waals surface area contributed by atoms with Crippen molar-refractivity contribution >= 4 is 33.1 Å². The highest BCUT2D eigenvalue weighted by Gasteiger charge is 2.11. The molecule has 0 saturated carbocycles. The van der Waals surface area contributed by atoms with E-state index in [9.17, 15) is 0 Å². The number of nitrogens with zero attached hydrogens (tertiary/aromatic N) is 3. The molecule has 23 heavy (non-hydrogen) atoms. The summed E-state index contributed by atoms with van der Waals surface area (Å²) in [6.07, 6.45) is 1.75. The van der Waals surface area contributed by atoms with E-state index >= 15 is 0 Å². The van der Waals surface area contributed by atoms with Gasteiger partial charge in [0.05, 0.1) is 17.4 Å². The van der Waals surface area contributed by atoms with Gasteiger partial charge in [-0.3, -0.25) is 0 Å². The van der Waals surface area contributed by atoms with Crippen molar-refractivity contribution in [1.82, 2.24) is 15.0 Å². The monoisotopic (exact) mass is 297 g/mol. The number of hydrogen-bond acceptors (Lipinski definition) is 4. The Balaban J connectivity index is 1.73. The number of furan rings is 1. The lowest BCUT2D eigenvalue weighted by Crippen LogP contribution is -1.90. The fraction of sp³-hybridized carbons (Fsp3) is 0. The average molecular weight is 297 g/mol. The SMILES string of the molecule is c1ccc2nc(-c3cnc4c(n3)oc3ccccc34)ccc2c1. The largest absolute Gasteiger partial charge is 0.436 e. The molecule has 0 aliphatic rings. The van der Waals surface area contributed by atoms with Gasteiger partial charge in [-0.1, -0.05) is 36.4 Å². The van der Waals surface area contributed by atoms with Gasteiger partial charge in [0.25, 0.3) is 0 Å². The Bertz CT molecular complexity index is 1180. The molecule has 4 nitrogen and oxygen atoms in total. The van der Waals surface area contributed by atoms with E-state index < -0.39 is 0 Å². The third-order valence-electron chi connectivity index (χ3n) is 3.95. The molecule has 3 aromatic heterocycles. The Hall–Kier alpha value is -3.27. The number of pyridine rings is 1. The molecule has 5 aromatic rings. The van der Waals surface area contributed by atoms with Gasteiger partial charge in [-0.05, 0) is 24.3 Å². The number of aromatic nitrogens is 3. The highest BCUT2D eigenvalue weighted by Crippen LogP contribution is 2.27. The molecule has 0 amide bonds. The van der Waals surface area contributed by atoms with Crippen molar-refractivity contribution in [3.05, 3.63) is 66.9 Å². The number of benzene rings is 2. The van der Waals surface area contributed by atoms with E-state index in [0.29, 0.717) is 11.4 Å². The van der Waals surface area contributed by atoms with Crippen molar-refractivity contribution in [2.75, 3.05) is 0 Å². The predicted octanol–water partition coefficient (Wildman–Crippen LogP) is 4.59. The first kappa shape index (κ1) is 12.3. The predicted molar refractivity (Wildman–Crippen MR) is 90.0 cm³/mol. The van der Waals surface area contributed by atoms with Crippen LogP contribution in [0.4, 0.5) is 0 Å². The molecule has 0 aliphatic carbocycles. The molecular formula is C19H11N3O. The molecule has 0 N–H and O–H groups in total. The van der Waals surface area contributed by atoms with Crippen LogP contribution in [0.15, 0.2) is 71.3 Å². The summed E-state index contributed by atoms with van der Waals surface area (Å²) in [5.74, 6) is 0. The van der Waals surface area contributed by atoms with Gasteiger partial charge in [-0.25, -0.2) is 15.0 Å². The summed E-state index contributed by atoms with van der Waals surface area (Å²) in [5, 5.41) is 2.09. The van der Waals surface area contributed by atoms with Gasteiger partial charge in [0.1, 0.15) is 16.8 Å². The van der Waals surface area contributed by atoms with E-state index in [0.717, 1.165) is 33.1 Å². The highest BCUT2D eigenvalue weighted by atomic mass is 16.3. The van der Waals surface area contributed by atoms with Crippen LogP contribution in [0.2, 0.25) is 0 Å². The average Bonchev–Trinajstić information content (AvgIpc) is 2.99. The van der Waals surface area contributed by atoms with E-state index in [1.54, 1.807) is 6.20 Å². The molecule has 108 valence electrons. The molecule has 0 unspecified atom stereocenters. The molecule has 0 fully saturated rings. The lowest BCUT2D eigenvalue weighted by atomic mass is 10.2. The molecule has 0 spiro atoms. The van der Waals surface area contributed by atoms with Crippen molar-refractivity contribution in [1.29, 1.82) is 0 Å². The van der Waals surface area contributed by atoms with Crippen LogP contribution in [0.5, 0.6) is 0 Å². The lowest BCUT2D eigenvalue weighted by molar-refractivity contribution is 0.653. The molecule has 0 radical (unpaired) electrons. The zero-order valence-electron chi connectivity index (χ0n) is 12.1. The van der Waals surface area contributed by atoms with Gasteiger partial charge in [0, 0.05) is 10.8 Å². The van der Waals surface area contributed by atoms with Gasteiger partial charge in [-0.15, -0.1) is 0 Å². The van der Waals surface area contributed by atoms with Gasteiger partial charge in [-0.2, -0.15) is 0 Å². The fourth-order valence-electron chi connectivity index (χ4n) is 2.82. The maximum atomic E-state index is 5.80. The molecule has 0 saturated heterocycles. The van der Waals surface area contributed by atoms with Crippen molar-refractivity contribution in [3.8, 4) is 11.4 Å². The second-order valence-electron chi connectivity index (χ2n) is 5.40. The number of fused-ring (bicyclic) bond motifs is 4. The Kier molecular flexibility index (Phi) is 2.46. The molecule has 2 aromatic carbocycles. The molecule has 3 heterocycles. The summed E-state index contributed by atoms with van der Waals surface area (Å²) in [6.45, 7) is 0. The summed E-state index contributed by atoms with van der Waals surface area (Å²) in [5.41, 5.74) is 4.56. The molecular weight excluding hydrogens is 286 g/mol. The summed E-state index contributed by atoms with van der Waals surface area (Å²) >= 11 is 0. The van der Waals surface area contributed by atoms with Crippen molar-refractivity contribution < 1.29 is 4.42 Å². The third kappa shape index (κ3) is 1.89. The Morgan fingerprint density at radius 2 is 1.61 bits per heavy atom. The Morgan fingerprint density at radius 1 is 0.739 bits per heavy atom. The fourth-order valence-corrected chi connectivity index (χ4v) is 2.82. The maximum Gasteiger partial charge on any atom is 0.246 e. The molecule has 0 atom stereocenters. The van der Waals surface area contributed by atoms with Crippen LogP contribution in [0.25, 0.3) is 44.5 Å². The lowest BCUT2D eigenvalue weighted by Gasteiger charge is -2.02. The van der Waals surface area contributed by atoms with E-state index in [-0.39, 0.29) is 0 Å². The Morgan fingerprint density at radius 3 is 2.61 bits per heavy atom. The highest BCUT2D eigenvalue weighted by molar-refractivity contribution is 6.01. The van der Waals surface area contributed by atoms with E-state index in [1.807, 2.05) is 60.7 Å². The van der Waals surface area contributed by atoms with Crippen molar-refractivity contribution in [2.24, 2.45) is 0 Å². The van der Waals surface area contributed by atoms with Crippen LogP contribution < -0.4 is 0 Å². The molecule has 5 rings (SSSR count). The normalized spacial score (nSPS) is 11.5. The summed E-state index contributed by atoms with van der Waals surface area (Å²) in [6, 6.07) is 19.8. The van der Waals surface area contributed by atoms with Crippen LogP contribution in [-0.2, 0) is 0 Å². The minimum atomic E-state index is 0.540. The second kappa shape index (κ2) is 4.61. The van der Waals surface area contributed by atoms with Gasteiger partial charge in [0.15, 0.2) is 0 Å². The van der Waals surface area contributed by atoms with E-state index in [4.69, 9.17) is 4.42 Å². The van der Waals surface area contributed by atoms with Crippen LogP contribution in [0, 0.1) is 0 Å². The van der Waals surface area contributed by atoms with Gasteiger partial charge < -0.3 is 4.42 Å². The van der Waals surface area contributed by atoms with Crippen molar-refractivity contribution in [3.63, 3.8) is 0 Å². The van der Waals surface area contributed by atoms with E-state index in [1.165, 1.54) is 0 Å². The first-order valence-corrected chi connectivity index (χ1v) is 7.39. The molecule has 4 heteroatoms. The second-order valence-corrected chi connectivity index (χ2v) is 5.40. The standard InChI is InChI=1S/C19H11N3O/c1-3-7-14-12(5-1)9-10-15(21-14)16-11-20-18-13-6-2-4-8-17(13)23-19(18)22-16/h1-11H. The maximum absolute atomic E-state index is 5.80. The minimum Gasteiger partial charge on any atom is -0.436 e. The minimum absolute atomic E-state index is 0.540. The molecule has 0 aliphatic heterocycles. The topological polar surface area (TPSA) is 51.8 Å². The van der Waals surface area contributed by atoms with E-state index in [2.05, 4.69) is 15.0 Å². The summed E-state index contributed by atoms with van der Waals surface area (Å²) in [4.78, 5) is 13.8. The Labute approximate surface area is 131 Å². The van der Waals surface area contributed by atoms with Crippen LogP contribution in [0.1, 0.15) is 0 Å². The number of rotatable bonds is 1. The van der Waals surface area contributed by atoms with Crippen molar-refractivity contribution in [2.45, 2.75) is 0 Å². The summed E-state index contributed by atoms with van der Waals surface area (Å²) < 4.78 is 5.80. The third-order valence-corrected chi connectivity index (χ3v) is 3.95. The van der Waals surface area contributed by atoms with Crippen LogP contribution in [0.3, 0.4) is 0 Å². The summed E-state index contributed by atoms with van der Waals surface area (Å²) in [7, 11) is 0. The smallest absolute Gasteiger partial charge is 0.246 e. The van der Waals surface area contributed by atoms with Gasteiger partial charge in [0.2, 0.25) is 5.71 Å². The number of hydrogen-bond donors (Lipinski definition) is 0. The first-order valence-electron chi connectivity index (χ1n) is 7.39. The zero-order valence-corrected chi connectivity index (χ0v) is 12.1. The van der Waals surface area contributed by atoms with Crippen LogP contribution >= 0.6 is 0 Å². The number of para-hydroxylation sites is 2. The quantitative estimate of drug-likeness (QED) is 0.454. The zero-order chi connectivity index (χ0) is 15.2. The molecule has 0 bridgehead atoms. The first-order chi connectivity index (χ1) is 11.4. The van der Waals surface area contributed by atoms with Crippen LogP contribution in [-0.4, -0.2) is 15.0 Å².